The van der Waals surface area contributed by atoms with Crippen LogP contribution in [0.4, 0.5) is 5.69 Å². The first kappa shape index (κ1) is 20.6. The van der Waals surface area contributed by atoms with Gasteiger partial charge in [-0.3, -0.25) is 14.7 Å². The van der Waals surface area contributed by atoms with Crippen molar-refractivity contribution in [3.05, 3.63) is 29.3 Å². The number of hydrogen-bond acceptors (Lipinski definition) is 3. The third-order valence-electron chi connectivity index (χ3n) is 4.79. The first-order chi connectivity index (χ1) is 11.7. The molecule has 1 unspecified atom stereocenters. The van der Waals surface area contributed by atoms with Crippen LogP contribution < -0.4 is 4.90 Å². The van der Waals surface area contributed by atoms with E-state index in [9.17, 15) is 4.79 Å². The largest absolute Gasteiger partial charge is 0.333 e. The standard InChI is InChI=1S/C18H24ClN3OS.BrH/c1-21-17(22(13-23)16-10-8-14(19)9-11-16)12-24-18(21)20-15-6-4-2-3-5-7-15;/h8-11,13,15,17H,2-7,12H2,1H3;1H. The molecule has 1 saturated heterocycles. The van der Waals surface area contributed by atoms with Gasteiger partial charge in [-0.1, -0.05) is 49.0 Å². The Morgan fingerprint density at radius 1 is 1.20 bits per heavy atom. The molecule has 1 aromatic carbocycles. The number of amides is 1. The number of aliphatic imine (C=N–C) groups is 1. The van der Waals surface area contributed by atoms with Gasteiger partial charge < -0.3 is 4.90 Å². The molecule has 25 heavy (non-hydrogen) atoms. The first-order valence-electron chi connectivity index (χ1n) is 8.61. The summed E-state index contributed by atoms with van der Waals surface area (Å²) in [6, 6.07) is 7.84. The van der Waals surface area contributed by atoms with Gasteiger partial charge in [0.1, 0.15) is 6.17 Å². The summed E-state index contributed by atoms with van der Waals surface area (Å²) in [4.78, 5) is 20.6. The van der Waals surface area contributed by atoms with Crippen LogP contribution in [0.5, 0.6) is 0 Å². The van der Waals surface area contributed by atoms with Gasteiger partial charge in [0, 0.05) is 23.5 Å². The smallest absolute Gasteiger partial charge is 0.215 e. The number of amidine groups is 1. The Morgan fingerprint density at radius 3 is 2.44 bits per heavy atom. The van der Waals surface area contributed by atoms with E-state index in [1.54, 1.807) is 16.7 Å². The number of thioether (sulfide) groups is 1. The minimum Gasteiger partial charge on any atom is -0.333 e. The molecule has 0 radical (unpaired) electrons. The zero-order valence-corrected chi connectivity index (χ0v) is 17.7. The molecule has 2 fully saturated rings. The van der Waals surface area contributed by atoms with Crippen molar-refractivity contribution in [2.24, 2.45) is 4.99 Å². The zero-order valence-electron chi connectivity index (χ0n) is 14.4. The molecule has 1 aromatic rings. The molecule has 1 saturated carbocycles. The van der Waals surface area contributed by atoms with Crippen LogP contribution in [0.2, 0.25) is 5.02 Å². The molecule has 1 atom stereocenters. The highest BCUT2D eigenvalue weighted by molar-refractivity contribution is 8.93. The van der Waals surface area contributed by atoms with Crippen molar-refractivity contribution in [1.82, 2.24) is 4.90 Å². The van der Waals surface area contributed by atoms with E-state index < -0.39 is 0 Å². The number of carbonyl (C=O) groups excluding carboxylic acids is 1. The van der Waals surface area contributed by atoms with Crippen LogP contribution in [0.25, 0.3) is 0 Å². The fourth-order valence-corrected chi connectivity index (χ4v) is 4.70. The molecule has 7 heteroatoms. The molecule has 0 bridgehead atoms. The normalized spacial score (nSPS) is 23.2. The summed E-state index contributed by atoms with van der Waals surface area (Å²) in [7, 11) is 2.03. The minimum absolute atomic E-state index is 0. The van der Waals surface area contributed by atoms with Crippen molar-refractivity contribution in [3.8, 4) is 0 Å². The van der Waals surface area contributed by atoms with Crippen LogP contribution in [-0.2, 0) is 4.79 Å². The molecular formula is C18H25BrClN3OS. The second-order valence-electron chi connectivity index (χ2n) is 6.45. The van der Waals surface area contributed by atoms with Gasteiger partial charge in [0.05, 0.1) is 6.04 Å². The predicted molar refractivity (Wildman–Crippen MR) is 113 cm³/mol. The zero-order chi connectivity index (χ0) is 16.9. The van der Waals surface area contributed by atoms with Gasteiger partial charge in [-0.15, -0.1) is 17.0 Å². The fourth-order valence-electron chi connectivity index (χ4n) is 3.34. The lowest BCUT2D eigenvalue weighted by atomic mass is 10.1. The Hall–Kier alpha value is -0.720. The molecule has 138 valence electrons. The summed E-state index contributed by atoms with van der Waals surface area (Å²) in [6.45, 7) is 0. The van der Waals surface area contributed by atoms with Crippen LogP contribution in [0.15, 0.2) is 29.3 Å². The highest BCUT2D eigenvalue weighted by Crippen LogP contribution is 2.30. The van der Waals surface area contributed by atoms with Gasteiger partial charge in [-0.2, -0.15) is 0 Å². The van der Waals surface area contributed by atoms with Gasteiger partial charge in [0.25, 0.3) is 0 Å². The van der Waals surface area contributed by atoms with E-state index in [4.69, 9.17) is 16.6 Å². The molecule has 1 aliphatic heterocycles. The minimum atomic E-state index is -0.00166. The quantitative estimate of drug-likeness (QED) is 0.484. The summed E-state index contributed by atoms with van der Waals surface area (Å²) in [5.74, 6) is 0.837. The monoisotopic (exact) mass is 445 g/mol. The van der Waals surface area contributed by atoms with Crippen LogP contribution in [0.3, 0.4) is 0 Å². The van der Waals surface area contributed by atoms with Crippen LogP contribution in [-0.4, -0.2) is 41.5 Å². The lowest BCUT2D eigenvalue weighted by molar-refractivity contribution is -0.108. The van der Waals surface area contributed by atoms with E-state index in [2.05, 4.69) is 4.90 Å². The number of carbonyl (C=O) groups is 1. The molecule has 3 rings (SSSR count). The van der Waals surface area contributed by atoms with Gasteiger partial charge in [0.15, 0.2) is 5.17 Å². The lowest BCUT2D eigenvalue weighted by Crippen LogP contribution is -2.45. The van der Waals surface area contributed by atoms with Crippen LogP contribution >= 0.6 is 40.3 Å². The summed E-state index contributed by atoms with van der Waals surface area (Å²) >= 11 is 7.70. The number of rotatable bonds is 4. The van der Waals surface area contributed by atoms with Gasteiger partial charge in [0.2, 0.25) is 6.41 Å². The summed E-state index contributed by atoms with van der Waals surface area (Å²) in [5.41, 5.74) is 0.863. The summed E-state index contributed by atoms with van der Waals surface area (Å²) < 4.78 is 0. The third kappa shape index (κ3) is 5.14. The average molecular weight is 447 g/mol. The maximum absolute atomic E-state index is 11.7. The third-order valence-corrected chi connectivity index (χ3v) is 6.16. The molecule has 1 heterocycles. The molecule has 0 N–H and O–H groups in total. The van der Waals surface area contributed by atoms with Crippen molar-refractivity contribution in [1.29, 1.82) is 0 Å². The van der Waals surface area contributed by atoms with Crippen molar-refractivity contribution >= 4 is 57.6 Å². The Kier molecular flexibility index (Phi) is 8.10. The second-order valence-corrected chi connectivity index (χ2v) is 7.87. The van der Waals surface area contributed by atoms with E-state index >= 15 is 0 Å². The van der Waals surface area contributed by atoms with Gasteiger partial charge in [-0.25, -0.2) is 0 Å². The topological polar surface area (TPSA) is 35.9 Å². The molecule has 0 spiro atoms. The molecule has 4 nitrogen and oxygen atoms in total. The number of benzene rings is 1. The van der Waals surface area contributed by atoms with E-state index in [1.165, 1.54) is 38.5 Å². The van der Waals surface area contributed by atoms with Gasteiger partial charge in [-0.05, 0) is 37.1 Å². The van der Waals surface area contributed by atoms with Gasteiger partial charge >= 0.3 is 0 Å². The van der Waals surface area contributed by atoms with Crippen LogP contribution in [0.1, 0.15) is 38.5 Å². The Bertz CT molecular complexity index is 590. The maximum Gasteiger partial charge on any atom is 0.215 e. The van der Waals surface area contributed by atoms with E-state index in [0.717, 1.165) is 23.0 Å². The second kappa shape index (κ2) is 9.83. The average Bonchev–Trinajstić information content (AvgIpc) is 2.79. The molecule has 1 aliphatic carbocycles. The maximum atomic E-state index is 11.7. The predicted octanol–water partition coefficient (Wildman–Crippen LogP) is 4.96. The fraction of sp³-hybridized carbons (Fsp3) is 0.556. The Morgan fingerprint density at radius 2 is 1.84 bits per heavy atom. The van der Waals surface area contributed by atoms with Crippen LogP contribution in [0, 0.1) is 0 Å². The molecule has 1 amide bonds. The highest BCUT2D eigenvalue weighted by Gasteiger charge is 2.32. The molecule has 0 aromatic heterocycles. The van der Waals surface area contributed by atoms with Crippen molar-refractivity contribution in [3.63, 3.8) is 0 Å². The number of anilines is 1. The van der Waals surface area contributed by atoms with Crippen molar-refractivity contribution in [2.75, 3.05) is 17.7 Å². The molecular weight excluding hydrogens is 422 g/mol. The highest BCUT2D eigenvalue weighted by atomic mass is 79.9. The number of hydrogen-bond donors (Lipinski definition) is 0. The lowest BCUT2D eigenvalue weighted by Gasteiger charge is -2.30. The number of nitrogens with zero attached hydrogens (tertiary/aromatic N) is 3. The SMILES string of the molecule is Br.CN1C(=NC2CCCCCC2)SCC1N(C=O)c1ccc(Cl)cc1. The summed E-state index contributed by atoms with van der Waals surface area (Å²) in [5, 5.41) is 1.74. The van der Waals surface area contributed by atoms with E-state index in [0.29, 0.717) is 11.1 Å². The first-order valence-corrected chi connectivity index (χ1v) is 9.98. The molecule has 2 aliphatic rings. The van der Waals surface area contributed by atoms with Crippen molar-refractivity contribution in [2.45, 2.75) is 50.7 Å². The van der Waals surface area contributed by atoms with E-state index in [-0.39, 0.29) is 23.1 Å². The van der Waals surface area contributed by atoms with E-state index in [1.807, 2.05) is 31.3 Å². The Labute approximate surface area is 169 Å². The summed E-state index contributed by atoms with van der Waals surface area (Å²) in [6.07, 6.45) is 8.52. The Balaban J connectivity index is 0.00000225. The number of halogens is 2. The van der Waals surface area contributed by atoms with Crippen molar-refractivity contribution < 1.29 is 4.79 Å².